The maximum atomic E-state index is 11.2. The van der Waals surface area contributed by atoms with Gasteiger partial charge < -0.3 is 5.73 Å². The number of nitrogens with zero attached hydrogens (tertiary/aromatic N) is 4. The van der Waals surface area contributed by atoms with E-state index in [1.54, 1.807) is 10.9 Å². The van der Waals surface area contributed by atoms with E-state index in [9.17, 15) is 4.79 Å². The quantitative estimate of drug-likeness (QED) is 0.818. The highest BCUT2D eigenvalue weighted by atomic mass is 16.1. The van der Waals surface area contributed by atoms with Crippen molar-refractivity contribution in [2.24, 2.45) is 12.8 Å². The monoisotopic (exact) mass is 231 g/mol. The summed E-state index contributed by atoms with van der Waals surface area (Å²) in [5.74, 6) is -0.563. The molecule has 17 heavy (non-hydrogen) atoms. The second-order valence-corrected chi connectivity index (χ2v) is 3.79. The van der Waals surface area contributed by atoms with Gasteiger partial charge in [-0.05, 0) is 13.0 Å². The third-order valence-corrected chi connectivity index (χ3v) is 2.45. The van der Waals surface area contributed by atoms with Crippen LogP contribution in [-0.2, 0) is 13.5 Å². The van der Waals surface area contributed by atoms with E-state index < -0.39 is 5.91 Å². The van der Waals surface area contributed by atoms with E-state index in [2.05, 4.69) is 15.1 Å². The van der Waals surface area contributed by atoms with Crippen molar-refractivity contribution in [1.29, 1.82) is 0 Å². The van der Waals surface area contributed by atoms with Crippen molar-refractivity contribution in [3.63, 3.8) is 0 Å². The van der Waals surface area contributed by atoms with Crippen LogP contribution in [0.1, 0.15) is 27.6 Å². The van der Waals surface area contributed by atoms with Crippen molar-refractivity contribution in [1.82, 2.24) is 19.7 Å². The number of nitrogens with two attached hydrogens (primary N) is 1. The van der Waals surface area contributed by atoms with Crippen molar-refractivity contribution in [3.8, 4) is 0 Å². The smallest absolute Gasteiger partial charge is 0.269 e. The summed E-state index contributed by atoms with van der Waals surface area (Å²) in [5, 5.41) is 4.23. The van der Waals surface area contributed by atoms with Crippen LogP contribution < -0.4 is 5.73 Å². The molecule has 1 amide bonds. The Morgan fingerprint density at radius 1 is 1.41 bits per heavy atom. The molecule has 6 nitrogen and oxygen atoms in total. The van der Waals surface area contributed by atoms with Gasteiger partial charge in [-0.2, -0.15) is 5.10 Å². The second kappa shape index (κ2) is 4.32. The first-order valence-corrected chi connectivity index (χ1v) is 5.17. The van der Waals surface area contributed by atoms with Crippen LogP contribution in [0.5, 0.6) is 0 Å². The molecule has 0 aliphatic rings. The van der Waals surface area contributed by atoms with E-state index >= 15 is 0 Å². The lowest BCUT2D eigenvalue weighted by Gasteiger charge is -2.04. The summed E-state index contributed by atoms with van der Waals surface area (Å²) >= 11 is 0. The van der Waals surface area contributed by atoms with Crippen LogP contribution in [0, 0.1) is 6.92 Å². The summed E-state index contributed by atoms with van der Waals surface area (Å²) in [4.78, 5) is 19.3. The van der Waals surface area contributed by atoms with Gasteiger partial charge in [0.15, 0.2) is 0 Å². The minimum atomic E-state index is -0.563. The molecule has 2 rings (SSSR count). The lowest BCUT2D eigenvalue weighted by Crippen LogP contribution is -2.17. The SMILES string of the molecule is Cc1cc(Cc2nccnc2C(N)=O)n(C)n1. The highest BCUT2D eigenvalue weighted by Gasteiger charge is 2.13. The first-order valence-electron chi connectivity index (χ1n) is 5.17. The topological polar surface area (TPSA) is 86.7 Å². The van der Waals surface area contributed by atoms with Gasteiger partial charge in [0, 0.05) is 31.6 Å². The number of rotatable bonds is 3. The van der Waals surface area contributed by atoms with Crippen LogP contribution in [0.25, 0.3) is 0 Å². The molecule has 88 valence electrons. The average molecular weight is 231 g/mol. The third-order valence-electron chi connectivity index (χ3n) is 2.45. The number of aryl methyl sites for hydroxylation is 2. The van der Waals surface area contributed by atoms with Crippen molar-refractivity contribution in [3.05, 3.63) is 41.2 Å². The Labute approximate surface area is 98.5 Å². The van der Waals surface area contributed by atoms with Gasteiger partial charge in [-0.15, -0.1) is 0 Å². The summed E-state index contributed by atoms with van der Waals surface area (Å²) in [5.41, 5.74) is 7.92. The van der Waals surface area contributed by atoms with E-state index in [4.69, 9.17) is 5.73 Å². The Balaban J connectivity index is 2.36. The fraction of sp³-hybridized carbons (Fsp3) is 0.273. The predicted octanol–water partition coefficient (Wildman–Crippen LogP) is 0.208. The number of carbonyl (C=O) groups excluding carboxylic acids is 1. The lowest BCUT2D eigenvalue weighted by atomic mass is 10.1. The van der Waals surface area contributed by atoms with Crippen LogP contribution in [0.15, 0.2) is 18.5 Å². The number of hydrogen-bond donors (Lipinski definition) is 1. The zero-order chi connectivity index (χ0) is 12.4. The van der Waals surface area contributed by atoms with Crippen molar-refractivity contribution in [2.45, 2.75) is 13.3 Å². The number of carbonyl (C=O) groups is 1. The van der Waals surface area contributed by atoms with Gasteiger partial charge in [0.25, 0.3) is 5.91 Å². The molecule has 0 aliphatic carbocycles. The van der Waals surface area contributed by atoms with E-state index in [0.717, 1.165) is 11.4 Å². The zero-order valence-corrected chi connectivity index (χ0v) is 9.71. The van der Waals surface area contributed by atoms with Crippen LogP contribution in [0.3, 0.4) is 0 Å². The summed E-state index contributed by atoms with van der Waals surface area (Å²) in [7, 11) is 1.85. The molecule has 0 spiro atoms. The van der Waals surface area contributed by atoms with Gasteiger partial charge in [-0.1, -0.05) is 0 Å². The fourth-order valence-corrected chi connectivity index (χ4v) is 1.70. The molecule has 0 fully saturated rings. The molecule has 2 heterocycles. The molecule has 0 saturated heterocycles. The van der Waals surface area contributed by atoms with E-state index in [1.165, 1.54) is 6.20 Å². The maximum Gasteiger partial charge on any atom is 0.269 e. The summed E-state index contributed by atoms with van der Waals surface area (Å²) in [6.07, 6.45) is 3.49. The normalized spacial score (nSPS) is 10.5. The number of primary amides is 1. The molecule has 0 radical (unpaired) electrons. The Morgan fingerprint density at radius 3 is 2.71 bits per heavy atom. The minimum Gasteiger partial charge on any atom is -0.364 e. The average Bonchev–Trinajstić information content (AvgIpc) is 2.58. The summed E-state index contributed by atoms with van der Waals surface area (Å²) < 4.78 is 1.76. The van der Waals surface area contributed by atoms with E-state index in [1.807, 2.05) is 20.0 Å². The van der Waals surface area contributed by atoms with Gasteiger partial charge >= 0.3 is 0 Å². The molecule has 0 atom stereocenters. The van der Waals surface area contributed by atoms with Crippen LogP contribution >= 0.6 is 0 Å². The molecular weight excluding hydrogens is 218 g/mol. The van der Waals surface area contributed by atoms with Gasteiger partial charge in [-0.3, -0.25) is 14.5 Å². The van der Waals surface area contributed by atoms with Crippen molar-refractivity contribution in [2.75, 3.05) is 0 Å². The molecule has 0 unspecified atom stereocenters. The highest BCUT2D eigenvalue weighted by Crippen LogP contribution is 2.10. The Hall–Kier alpha value is -2.24. The first-order chi connectivity index (χ1) is 8.08. The number of hydrogen-bond acceptors (Lipinski definition) is 4. The molecule has 0 aliphatic heterocycles. The Morgan fingerprint density at radius 2 is 2.12 bits per heavy atom. The Kier molecular flexibility index (Phi) is 2.86. The summed E-state index contributed by atoms with van der Waals surface area (Å²) in [6, 6.07) is 1.94. The van der Waals surface area contributed by atoms with Crippen LogP contribution in [0.2, 0.25) is 0 Å². The molecule has 6 heteroatoms. The highest BCUT2D eigenvalue weighted by molar-refractivity contribution is 5.91. The second-order valence-electron chi connectivity index (χ2n) is 3.79. The Bertz CT molecular complexity index is 561. The van der Waals surface area contributed by atoms with Crippen molar-refractivity contribution < 1.29 is 4.79 Å². The third kappa shape index (κ3) is 2.30. The van der Waals surface area contributed by atoms with Gasteiger partial charge in [0.2, 0.25) is 0 Å². The molecule has 0 bridgehead atoms. The molecule has 0 saturated carbocycles. The summed E-state index contributed by atoms with van der Waals surface area (Å²) in [6.45, 7) is 1.91. The maximum absolute atomic E-state index is 11.2. The van der Waals surface area contributed by atoms with Gasteiger partial charge in [0.1, 0.15) is 5.69 Å². The molecule has 0 aromatic carbocycles. The molecular formula is C11H13N5O. The molecule has 2 aromatic heterocycles. The standard InChI is InChI=1S/C11H13N5O/c1-7-5-8(16(2)15-7)6-9-10(11(12)17)14-4-3-13-9/h3-5H,6H2,1-2H3,(H2,12,17). The number of aromatic nitrogens is 4. The predicted molar refractivity (Wildman–Crippen MR) is 61.3 cm³/mol. The van der Waals surface area contributed by atoms with Crippen LogP contribution in [-0.4, -0.2) is 25.7 Å². The van der Waals surface area contributed by atoms with Crippen LogP contribution in [0.4, 0.5) is 0 Å². The fourth-order valence-electron chi connectivity index (χ4n) is 1.70. The number of amides is 1. The minimum absolute atomic E-state index is 0.214. The van der Waals surface area contributed by atoms with Gasteiger partial charge in [-0.25, -0.2) is 4.98 Å². The van der Waals surface area contributed by atoms with E-state index in [-0.39, 0.29) is 5.69 Å². The molecule has 2 aromatic rings. The zero-order valence-electron chi connectivity index (χ0n) is 9.71. The lowest BCUT2D eigenvalue weighted by molar-refractivity contribution is 0.0994. The van der Waals surface area contributed by atoms with E-state index in [0.29, 0.717) is 12.1 Å². The van der Waals surface area contributed by atoms with Gasteiger partial charge in [0.05, 0.1) is 11.4 Å². The molecule has 2 N–H and O–H groups in total. The van der Waals surface area contributed by atoms with Crippen molar-refractivity contribution >= 4 is 5.91 Å². The first kappa shape index (κ1) is 11.3. The largest absolute Gasteiger partial charge is 0.364 e.